The van der Waals surface area contributed by atoms with Crippen molar-refractivity contribution in [1.82, 2.24) is 9.62 Å². The van der Waals surface area contributed by atoms with Crippen molar-refractivity contribution in [1.29, 1.82) is 0 Å². The van der Waals surface area contributed by atoms with Gasteiger partial charge in [-0.1, -0.05) is 30.3 Å². The Balaban J connectivity index is 1.25. The summed E-state index contributed by atoms with van der Waals surface area (Å²) >= 11 is 0. The molecule has 2 aliphatic heterocycles. The van der Waals surface area contributed by atoms with Gasteiger partial charge in [0, 0.05) is 25.1 Å². The lowest BCUT2D eigenvalue weighted by atomic mass is 9.95. The van der Waals surface area contributed by atoms with E-state index < -0.39 is 16.1 Å². The molecule has 1 fully saturated rings. The molecule has 1 aromatic heterocycles. The molecule has 2 aromatic carbocycles. The van der Waals surface area contributed by atoms with E-state index in [1.54, 1.807) is 18.4 Å². The van der Waals surface area contributed by atoms with Crippen LogP contribution >= 0.6 is 0 Å². The van der Waals surface area contributed by atoms with Gasteiger partial charge in [0.05, 0.1) is 11.2 Å². The van der Waals surface area contributed by atoms with Gasteiger partial charge in [-0.25, -0.2) is 8.42 Å². The number of nitrogens with zero attached hydrogens (tertiary/aromatic N) is 1. The lowest BCUT2D eigenvalue weighted by Gasteiger charge is -2.31. The highest BCUT2D eigenvalue weighted by molar-refractivity contribution is 7.89. The maximum Gasteiger partial charge on any atom is 0.243 e. The average Bonchev–Trinajstić information content (AvgIpc) is 3.42. The van der Waals surface area contributed by atoms with E-state index >= 15 is 0 Å². The minimum Gasteiger partial charge on any atom is -0.486 e. The van der Waals surface area contributed by atoms with E-state index in [4.69, 9.17) is 13.9 Å². The van der Waals surface area contributed by atoms with Crippen LogP contribution in [0.3, 0.4) is 0 Å². The van der Waals surface area contributed by atoms with Crippen molar-refractivity contribution in [2.24, 2.45) is 5.92 Å². The number of amides is 1. The van der Waals surface area contributed by atoms with E-state index in [0.29, 0.717) is 43.3 Å². The third-order valence-corrected chi connectivity index (χ3v) is 8.12. The summed E-state index contributed by atoms with van der Waals surface area (Å²) < 4.78 is 44.4. The summed E-state index contributed by atoms with van der Waals surface area (Å²) in [5.74, 6) is 1.24. The number of carbonyl (C=O) groups is 1. The van der Waals surface area contributed by atoms with Gasteiger partial charge >= 0.3 is 0 Å². The Hall–Kier alpha value is -3.30. The molecule has 1 atom stereocenters. The molecular weight excluding hydrogens is 456 g/mol. The molecule has 0 spiro atoms. The standard InChI is InChI=1S/C25H26N2O6S/c28-25(26-24(22-7-4-14-31-22)18-5-2-1-3-6-18)19-10-12-27(13-11-19)34(29,30)20-8-9-21-23(17-20)33-16-15-32-21/h1-9,14,17,19,24H,10-13,15-16H2,(H,26,28). The molecule has 2 aliphatic rings. The third-order valence-electron chi connectivity index (χ3n) is 6.22. The average molecular weight is 483 g/mol. The minimum absolute atomic E-state index is 0.110. The Morgan fingerprint density at radius 2 is 1.68 bits per heavy atom. The highest BCUT2D eigenvalue weighted by Crippen LogP contribution is 2.34. The van der Waals surface area contributed by atoms with Crippen molar-refractivity contribution >= 4 is 15.9 Å². The second-order valence-corrected chi connectivity index (χ2v) is 10.3. The monoisotopic (exact) mass is 482 g/mol. The van der Waals surface area contributed by atoms with Crippen LogP contribution in [-0.4, -0.2) is 44.9 Å². The maximum atomic E-state index is 13.2. The zero-order valence-electron chi connectivity index (χ0n) is 18.6. The predicted molar refractivity (Wildman–Crippen MR) is 124 cm³/mol. The zero-order chi connectivity index (χ0) is 23.5. The lowest BCUT2D eigenvalue weighted by Crippen LogP contribution is -2.43. The maximum absolute atomic E-state index is 13.2. The first-order valence-corrected chi connectivity index (χ1v) is 12.7. The summed E-state index contributed by atoms with van der Waals surface area (Å²) in [6, 6.07) is 17.5. The molecule has 0 bridgehead atoms. The van der Waals surface area contributed by atoms with E-state index in [9.17, 15) is 13.2 Å². The van der Waals surface area contributed by atoms with Gasteiger partial charge in [-0.3, -0.25) is 4.79 Å². The van der Waals surface area contributed by atoms with E-state index in [0.717, 1.165) is 5.56 Å². The number of piperidine rings is 1. The number of fused-ring (bicyclic) bond motifs is 1. The van der Waals surface area contributed by atoms with Crippen molar-refractivity contribution in [2.45, 2.75) is 23.8 Å². The Morgan fingerprint density at radius 1 is 0.941 bits per heavy atom. The number of furan rings is 1. The summed E-state index contributed by atoms with van der Waals surface area (Å²) in [5.41, 5.74) is 0.921. The van der Waals surface area contributed by atoms with Gasteiger partial charge in [0.25, 0.3) is 0 Å². The second kappa shape index (κ2) is 9.52. The van der Waals surface area contributed by atoms with Crippen LogP contribution in [0.4, 0.5) is 0 Å². The molecule has 1 N–H and O–H groups in total. The molecule has 1 amide bonds. The van der Waals surface area contributed by atoms with Gasteiger partial charge in [0.2, 0.25) is 15.9 Å². The predicted octanol–water partition coefficient (Wildman–Crippen LogP) is 3.36. The van der Waals surface area contributed by atoms with Crippen LogP contribution in [0.5, 0.6) is 11.5 Å². The van der Waals surface area contributed by atoms with Crippen molar-refractivity contribution < 1.29 is 27.1 Å². The number of benzene rings is 2. The largest absolute Gasteiger partial charge is 0.486 e. The lowest BCUT2D eigenvalue weighted by molar-refractivity contribution is -0.126. The SMILES string of the molecule is O=C(NC(c1ccccc1)c1ccco1)C1CCN(S(=O)(=O)c2ccc3c(c2)OCCO3)CC1. The second-order valence-electron chi connectivity index (χ2n) is 8.35. The van der Waals surface area contributed by atoms with E-state index in [1.807, 2.05) is 36.4 Å². The number of rotatable bonds is 6. The normalized spacial score (nSPS) is 17.8. The third kappa shape index (κ3) is 4.53. The fourth-order valence-electron chi connectivity index (χ4n) is 4.37. The minimum atomic E-state index is -3.70. The molecule has 9 heteroatoms. The number of hydrogen-bond acceptors (Lipinski definition) is 6. The Morgan fingerprint density at radius 3 is 2.38 bits per heavy atom. The van der Waals surface area contributed by atoms with Crippen molar-refractivity contribution in [3.8, 4) is 11.5 Å². The number of nitrogens with one attached hydrogen (secondary N) is 1. The van der Waals surface area contributed by atoms with Crippen molar-refractivity contribution in [3.05, 3.63) is 78.3 Å². The van der Waals surface area contributed by atoms with Gasteiger partial charge in [-0.05, 0) is 42.7 Å². The first kappa shape index (κ1) is 22.5. The molecule has 8 nitrogen and oxygen atoms in total. The molecule has 3 heterocycles. The number of carbonyl (C=O) groups excluding carboxylic acids is 1. The molecule has 5 rings (SSSR count). The smallest absolute Gasteiger partial charge is 0.243 e. The van der Waals surface area contributed by atoms with Crippen molar-refractivity contribution in [3.63, 3.8) is 0 Å². The first-order valence-electron chi connectivity index (χ1n) is 11.3. The summed E-state index contributed by atoms with van der Waals surface area (Å²) in [7, 11) is -3.70. The van der Waals surface area contributed by atoms with Crippen LogP contribution in [0.25, 0.3) is 0 Å². The van der Waals surface area contributed by atoms with Crippen LogP contribution in [-0.2, 0) is 14.8 Å². The van der Waals surface area contributed by atoms with Crippen LogP contribution in [0, 0.1) is 5.92 Å². The molecule has 3 aromatic rings. The van der Waals surface area contributed by atoms with Crippen LogP contribution < -0.4 is 14.8 Å². The van der Waals surface area contributed by atoms with Crippen LogP contribution in [0.1, 0.15) is 30.2 Å². The molecule has 1 saturated heterocycles. The highest BCUT2D eigenvalue weighted by atomic mass is 32.2. The van der Waals surface area contributed by atoms with Gasteiger partial charge in [0.15, 0.2) is 11.5 Å². The summed E-state index contributed by atoms with van der Waals surface area (Å²) in [6.45, 7) is 1.37. The number of sulfonamides is 1. The van der Waals surface area contributed by atoms with E-state index in [2.05, 4.69) is 5.32 Å². The fourth-order valence-corrected chi connectivity index (χ4v) is 5.86. The molecule has 0 saturated carbocycles. The Bertz CT molecular complexity index is 1240. The fraction of sp³-hybridized carbons (Fsp3) is 0.320. The molecular formula is C25H26N2O6S. The zero-order valence-corrected chi connectivity index (χ0v) is 19.4. The van der Waals surface area contributed by atoms with E-state index in [-0.39, 0.29) is 29.8 Å². The molecule has 0 radical (unpaired) electrons. The van der Waals surface area contributed by atoms with Gasteiger partial charge in [0.1, 0.15) is 25.0 Å². The molecule has 34 heavy (non-hydrogen) atoms. The van der Waals surface area contributed by atoms with Gasteiger partial charge in [-0.15, -0.1) is 0 Å². The van der Waals surface area contributed by atoms with Crippen molar-refractivity contribution in [2.75, 3.05) is 26.3 Å². The van der Waals surface area contributed by atoms with Crippen LogP contribution in [0.2, 0.25) is 0 Å². The molecule has 178 valence electrons. The van der Waals surface area contributed by atoms with E-state index in [1.165, 1.54) is 16.4 Å². The first-order chi connectivity index (χ1) is 16.5. The number of ether oxygens (including phenoxy) is 2. The summed E-state index contributed by atoms with van der Waals surface area (Å²) in [6.07, 6.45) is 2.46. The van der Waals surface area contributed by atoms with Gasteiger partial charge < -0.3 is 19.2 Å². The summed E-state index contributed by atoms with van der Waals surface area (Å²) in [5, 5.41) is 3.09. The summed E-state index contributed by atoms with van der Waals surface area (Å²) in [4.78, 5) is 13.3. The van der Waals surface area contributed by atoms with Gasteiger partial charge in [-0.2, -0.15) is 4.31 Å². The number of hydrogen-bond donors (Lipinski definition) is 1. The molecule has 1 unspecified atom stereocenters. The highest BCUT2D eigenvalue weighted by Gasteiger charge is 2.34. The topological polar surface area (TPSA) is 98.1 Å². The Kier molecular flexibility index (Phi) is 6.30. The van der Waals surface area contributed by atoms with Crippen LogP contribution in [0.15, 0.2) is 76.2 Å². The Labute approximate surface area is 198 Å². The quantitative estimate of drug-likeness (QED) is 0.579. The molecule has 0 aliphatic carbocycles.